The number of nitrogens with zero attached hydrogens (tertiary/aromatic N) is 2. The van der Waals surface area contributed by atoms with Crippen LogP contribution in [0, 0.1) is 0 Å². The predicted molar refractivity (Wildman–Crippen MR) is 80.2 cm³/mol. The molecule has 2 aromatic rings. The molecule has 106 valence electrons. The van der Waals surface area contributed by atoms with Crippen molar-refractivity contribution in [3.05, 3.63) is 23.2 Å². The summed E-state index contributed by atoms with van der Waals surface area (Å²) in [6.07, 6.45) is 3.44. The molecule has 4 nitrogen and oxygen atoms in total. The number of fused-ring (bicyclic) bond motifs is 1. The van der Waals surface area contributed by atoms with Gasteiger partial charge in [0, 0.05) is 18.1 Å². The molecule has 1 aliphatic heterocycles. The fourth-order valence-corrected chi connectivity index (χ4v) is 3.21. The highest BCUT2D eigenvalue weighted by Gasteiger charge is 2.17. The molecule has 1 aromatic heterocycles. The largest absolute Gasteiger partial charge is 0.431 e. The Labute approximate surface area is 126 Å². The first-order valence-corrected chi connectivity index (χ1v) is 8.05. The third kappa shape index (κ3) is 3.10. The maximum atomic E-state index is 12.1. The Morgan fingerprint density at radius 3 is 2.95 bits per heavy atom. The molecule has 0 atom stereocenters. The Bertz CT molecular complexity index is 623. The van der Waals surface area contributed by atoms with Crippen LogP contribution in [-0.2, 0) is 4.79 Å². The first-order valence-electron chi connectivity index (χ1n) is 6.69. The van der Waals surface area contributed by atoms with E-state index >= 15 is 0 Å². The topological polar surface area (TPSA) is 46.3 Å². The fourth-order valence-electron chi connectivity index (χ4n) is 2.30. The average Bonchev–Trinajstić information content (AvgIpc) is 2.87. The van der Waals surface area contributed by atoms with Gasteiger partial charge in [-0.05, 0) is 37.5 Å². The van der Waals surface area contributed by atoms with Crippen LogP contribution in [0.2, 0.25) is 5.02 Å². The molecule has 1 amide bonds. The van der Waals surface area contributed by atoms with Gasteiger partial charge in [0.15, 0.2) is 5.58 Å². The zero-order chi connectivity index (χ0) is 13.9. The predicted octanol–water partition coefficient (Wildman–Crippen LogP) is 3.59. The van der Waals surface area contributed by atoms with Crippen molar-refractivity contribution in [2.75, 3.05) is 18.8 Å². The summed E-state index contributed by atoms with van der Waals surface area (Å²) in [5, 5.41) is 1.15. The first-order chi connectivity index (χ1) is 9.72. The summed E-state index contributed by atoms with van der Waals surface area (Å²) >= 11 is 7.25. The van der Waals surface area contributed by atoms with Crippen molar-refractivity contribution in [1.82, 2.24) is 9.88 Å². The first kappa shape index (κ1) is 13.8. The quantitative estimate of drug-likeness (QED) is 0.813. The van der Waals surface area contributed by atoms with Gasteiger partial charge >= 0.3 is 0 Å². The van der Waals surface area contributed by atoms with Crippen molar-refractivity contribution in [3.63, 3.8) is 0 Å². The number of carbonyl (C=O) groups is 1. The molecule has 2 heterocycles. The molecule has 0 bridgehead atoms. The summed E-state index contributed by atoms with van der Waals surface area (Å²) in [6, 6.07) is 5.32. The van der Waals surface area contributed by atoms with Crippen molar-refractivity contribution in [2.45, 2.75) is 24.5 Å². The molecular formula is C14H15ClN2O2S. The number of likely N-dealkylation sites (tertiary alicyclic amines) is 1. The Morgan fingerprint density at radius 1 is 1.35 bits per heavy atom. The maximum Gasteiger partial charge on any atom is 0.257 e. The molecule has 0 N–H and O–H groups in total. The minimum Gasteiger partial charge on any atom is -0.431 e. The number of thioether (sulfide) groups is 1. The lowest BCUT2D eigenvalue weighted by Crippen LogP contribution is -2.36. The molecule has 1 saturated heterocycles. The van der Waals surface area contributed by atoms with Crippen LogP contribution in [0.5, 0.6) is 0 Å². The second-order valence-corrected chi connectivity index (χ2v) is 6.18. The van der Waals surface area contributed by atoms with Crippen LogP contribution >= 0.6 is 23.4 Å². The normalized spacial score (nSPS) is 15.8. The summed E-state index contributed by atoms with van der Waals surface area (Å²) < 4.78 is 5.58. The number of benzene rings is 1. The fraction of sp³-hybridized carbons (Fsp3) is 0.429. The van der Waals surface area contributed by atoms with Crippen LogP contribution in [0.15, 0.2) is 27.8 Å². The van der Waals surface area contributed by atoms with Crippen molar-refractivity contribution in [1.29, 1.82) is 0 Å². The van der Waals surface area contributed by atoms with Gasteiger partial charge in [-0.25, -0.2) is 4.98 Å². The van der Waals surface area contributed by atoms with Gasteiger partial charge in [0.05, 0.1) is 5.75 Å². The number of oxazole rings is 1. The van der Waals surface area contributed by atoms with E-state index in [1.165, 1.54) is 18.2 Å². The highest BCUT2D eigenvalue weighted by molar-refractivity contribution is 7.99. The highest BCUT2D eigenvalue weighted by Crippen LogP contribution is 2.26. The van der Waals surface area contributed by atoms with E-state index in [9.17, 15) is 4.79 Å². The Balaban J connectivity index is 1.63. The number of rotatable bonds is 3. The lowest BCUT2D eigenvalue weighted by Gasteiger charge is -2.26. The van der Waals surface area contributed by atoms with E-state index in [1.54, 1.807) is 18.2 Å². The van der Waals surface area contributed by atoms with Gasteiger partial charge in [0.25, 0.3) is 5.22 Å². The van der Waals surface area contributed by atoms with Crippen LogP contribution in [0.4, 0.5) is 0 Å². The minimum absolute atomic E-state index is 0.162. The molecule has 1 aliphatic rings. The van der Waals surface area contributed by atoms with Gasteiger partial charge in [0.2, 0.25) is 5.91 Å². The van der Waals surface area contributed by atoms with E-state index in [0.717, 1.165) is 31.4 Å². The van der Waals surface area contributed by atoms with E-state index in [2.05, 4.69) is 4.98 Å². The van der Waals surface area contributed by atoms with Crippen molar-refractivity contribution in [3.8, 4) is 0 Å². The molecule has 0 radical (unpaired) electrons. The number of hydrogen-bond acceptors (Lipinski definition) is 4. The monoisotopic (exact) mass is 310 g/mol. The van der Waals surface area contributed by atoms with E-state index in [0.29, 0.717) is 21.6 Å². The molecule has 6 heteroatoms. The van der Waals surface area contributed by atoms with E-state index < -0.39 is 0 Å². The Kier molecular flexibility index (Phi) is 4.17. The molecule has 0 spiro atoms. The van der Waals surface area contributed by atoms with Crippen LogP contribution in [0.3, 0.4) is 0 Å². The van der Waals surface area contributed by atoms with Crippen LogP contribution in [0.25, 0.3) is 11.1 Å². The van der Waals surface area contributed by atoms with Gasteiger partial charge in [-0.15, -0.1) is 0 Å². The van der Waals surface area contributed by atoms with Gasteiger partial charge in [-0.3, -0.25) is 4.79 Å². The SMILES string of the molecule is O=C(CSc1nc2cc(Cl)ccc2o1)N1CCCCC1. The zero-order valence-corrected chi connectivity index (χ0v) is 12.5. The number of amides is 1. The van der Waals surface area contributed by atoms with Crippen molar-refractivity contribution < 1.29 is 9.21 Å². The molecule has 3 rings (SSSR count). The third-order valence-electron chi connectivity index (χ3n) is 3.36. The summed E-state index contributed by atoms with van der Waals surface area (Å²) in [6.45, 7) is 1.76. The molecule has 20 heavy (non-hydrogen) atoms. The Hall–Kier alpha value is -1.20. The Morgan fingerprint density at radius 2 is 2.15 bits per heavy atom. The van der Waals surface area contributed by atoms with Gasteiger partial charge in [-0.1, -0.05) is 23.4 Å². The number of aromatic nitrogens is 1. The molecule has 0 saturated carbocycles. The number of piperidine rings is 1. The molecule has 1 fully saturated rings. The lowest BCUT2D eigenvalue weighted by atomic mass is 10.1. The van der Waals surface area contributed by atoms with Crippen LogP contribution < -0.4 is 0 Å². The summed E-state index contributed by atoms with van der Waals surface area (Å²) in [7, 11) is 0. The van der Waals surface area contributed by atoms with E-state index in [1.807, 2.05) is 4.90 Å². The second kappa shape index (κ2) is 6.06. The van der Waals surface area contributed by atoms with Crippen molar-refractivity contribution in [2.24, 2.45) is 0 Å². The van der Waals surface area contributed by atoms with Gasteiger partial charge in [-0.2, -0.15) is 0 Å². The third-order valence-corrected chi connectivity index (χ3v) is 4.41. The van der Waals surface area contributed by atoms with Gasteiger partial charge < -0.3 is 9.32 Å². The van der Waals surface area contributed by atoms with E-state index in [-0.39, 0.29) is 5.91 Å². The summed E-state index contributed by atoms with van der Waals surface area (Å²) in [5.74, 6) is 0.538. The standard InChI is InChI=1S/C14H15ClN2O2S/c15-10-4-5-12-11(8-10)16-14(19-12)20-9-13(18)17-6-2-1-3-7-17/h4-5,8H,1-3,6-7,9H2. The summed E-state index contributed by atoms with van der Waals surface area (Å²) in [4.78, 5) is 18.3. The number of carbonyl (C=O) groups excluding carboxylic acids is 1. The van der Waals surface area contributed by atoms with Crippen LogP contribution in [-0.4, -0.2) is 34.6 Å². The number of hydrogen-bond donors (Lipinski definition) is 0. The number of halogens is 1. The second-order valence-electron chi connectivity index (χ2n) is 4.82. The van der Waals surface area contributed by atoms with Crippen molar-refractivity contribution >= 4 is 40.4 Å². The molecule has 0 aliphatic carbocycles. The molecule has 1 aromatic carbocycles. The average molecular weight is 311 g/mol. The van der Waals surface area contributed by atoms with E-state index in [4.69, 9.17) is 16.0 Å². The van der Waals surface area contributed by atoms with Crippen LogP contribution in [0.1, 0.15) is 19.3 Å². The molecule has 0 unspecified atom stereocenters. The smallest absolute Gasteiger partial charge is 0.257 e. The molecular weight excluding hydrogens is 296 g/mol. The summed E-state index contributed by atoms with van der Waals surface area (Å²) in [5.41, 5.74) is 1.42. The maximum absolute atomic E-state index is 12.1. The van der Waals surface area contributed by atoms with Gasteiger partial charge in [0.1, 0.15) is 5.52 Å². The highest BCUT2D eigenvalue weighted by atomic mass is 35.5. The zero-order valence-electron chi connectivity index (χ0n) is 11.0. The minimum atomic E-state index is 0.162. The lowest BCUT2D eigenvalue weighted by molar-refractivity contribution is -0.129.